The lowest BCUT2D eigenvalue weighted by atomic mass is 10.00. The maximum Gasteiger partial charge on any atom is 0.414 e. The summed E-state index contributed by atoms with van der Waals surface area (Å²) in [6, 6.07) is -1.20. The van der Waals surface area contributed by atoms with Crippen LogP contribution in [0.4, 0.5) is 4.79 Å². The second kappa shape index (κ2) is 6.49. The molecule has 0 aromatic rings. The minimum atomic E-state index is -1.43. The van der Waals surface area contributed by atoms with Crippen molar-refractivity contribution in [1.29, 1.82) is 0 Å². The zero-order valence-electron chi connectivity index (χ0n) is 10.8. The molecule has 0 aliphatic carbocycles. The number of nitrogens with zero attached hydrogens (tertiary/aromatic N) is 5. The first-order valence-corrected chi connectivity index (χ1v) is 7.29. The molecule has 2 aliphatic heterocycles. The topological polar surface area (TPSA) is 164 Å². The number of hydrogen-bond donors (Lipinski definition) is 3. The van der Waals surface area contributed by atoms with Gasteiger partial charge in [-0.15, -0.1) is 0 Å². The van der Waals surface area contributed by atoms with Crippen molar-refractivity contribution in [3.8, 4) is 0 Å². The molecular formula is C10H13N7O3S. The van der Waals surface area contributed by atoms with Gasteiger partial charge in [-0.1, -0.05) is 5.11 Å². The molecular weight excluding hydrogens is 298 g/mol. The Kier molecular flexibility index (Phi) is 4.69. The van der Waals surface area contributed by atoms with Crippen LogP contribution < -0.4 is 10.6 Å². The van der Waals surface area contributed by atoms with Crippen molar-refractivity contribution in [2.24, 2.45) is 5.11 Å². The van der Waals surface area contributed by atoms with E-state index >= 15 is 0 Å². The molecule has 2 heterocycles. The number of carboxylic acid groups (broad SMARTS) is 1. The summed E-state index contributed by atoms with van der Waals surface area (Å²) in [6.45, 7) is 0. The third kappa shape index (κ3) is 3.27. The van der Waals surface area contributed by atoms with Crippen molar-refractivity contribution in [3.63, 3.8) is 0 Å². The minimum Gasteiger partial charge on any atom is -0.473 e. The number of aliphatic carboxylic acids is 1. The fourth-order valence-corrected chi connectivity index (χ4v) is 4.04. The van der Waals surface area contributed by atoms with Crippen LogP contribution in [0.5, 0.6) is 0 Å². The molecule has 0 bridgehead atoms. The highest BCUT2D eigenvalue weighted by Crippen LogP contribution is 2.33. The normalized spacial score (nSPS) is 27.6. The van der Waals surface area contributed by atoms with Gasteiger partial charge in [-0.05, 0) is 18.4 Å². The lowest BCUT2D eigenvalue weighted by Crippen LogP contribution is -2.37. The number of nitrogens with one attached hydrogen (secondary N) is 2. The molecule has 3 N–H and O–H groups in total. The monoisotopic (exact) mass is 311 g/mol. The molecule has 2 amide bonds. The number of urea groups is 1. The first-order valence-electron chi connectivity index (χ1n) is 6.25. The summed E-state index contributed by atoms with van der Waals surface area (Å²) in [5, 5.41) is 18.0. The highest BCUT2D eigenvalue weighted by atomic mass is 32.2. The van der Waals surface area contributed by atoms with Crippen molar-refractivity contribution < 1.29 is 19.5 Å². The third-order valence-electron chi connectivity index (χ3n) is 3.50. The summed E-state index contributed by atoms with van der Waals surface area (Å²) < 4.78 is 0. The summed E-state index contributed by atoms with van der Waals surface area (Å²) in [7, 11) is 0. The zero-order chi connectivity index (χ0) is 15.4. The van der Waals surface area contributed by atoms with Gasteiger partial charge in [0, 0.05) is 15.9 Å². The van der Waals surface area contributed by atoms with E-state index in [1.165, 1.54) is 0 Å². The van der Waals surface area contributed by atoms with Crippen LogP contribution in [0.1, 0.15) is 12.8 Å². The molecule has 112 valence electrons. The Labute approximate surface area is 123 Å². The van der Waals surface area contributed by atoms with Crippen LogP contribution in [0.3, 0.4) is 0 Å². The van der Waals surface area contributed by atoms with E-state index in [2.05, 4.69) is 25.4 Å². The van der Waals surface area contributed by atoms with Crippen LogP contribution in [0.15, 0.2) is 5.11 Å². The van der Waals surface area contributed by atoms with E-state index in [4.69, 9.17) is 16.2 Å². The van der Waals surface area contributed by atoms with E-state index < -0.39 is 17.7 Å². The molecule has 0 aromatic heterocycles. The number of rotatable bonds is 6. The number of amides is 2. The molecule has 2 fully saturated rings. The van der Waals surface area contributed by atoms with Gasteiger partial charge in [0.2, 0.25) is 0 Å². The number of carbonyl (C=O) groups is 2. The molecule has 21 heavy (non-hydrogen) atoms. The van der Waals surface area contributed by atoms with Gasteiger partial charge in [0.05, 0.1) is 12.1 Å². The van der Waals surface area contributed by atoms with Gasteiger partial charge in [0.1, 0.15) is 6.04 Å². The van der Waals surface area contributed by atoms with Crippen molar-refractivity contribution in [2.75, 3.05) is 5.75 Å². The zero-order valence-corrected chi connectivity index (χ0v) is 11.7. The van der Waals surface area contributed by atoms with Crippen molar-refractivity contribution in [3.05, 3.63) is 16.0 Å². The maximum atomic E-state index is 11.3. The van der Waals surface area contributed by atoms with Crippen molar-refractivity contribution in [2.45, 2.75) is 36.2 Å². The number of fused-ring (bicyclic) bond motifs is 1. The molecule has 1 unspecified atom stereocenters. The molecule has 4 atom stereocenters. The van der Waals surface area contributed by atoms with Crippen LogP contribution in [-0.4, -0.2) is 56.7 Å². The van der Waals surface area contributed by atoms with Crippen LogP contribution in [0.25, 0.3) is 16.0 Å². The highest BCUT2D eigenvalue weighted by molar-refractivity contribution is 8.00. The van der Waals surface area contributed by atoms with Gasteiger partial charge >= 0.3 is 17.7 Å². The van der Waals surface area contributed by atoms with Gasteiger partial charge < -0.3 is 21.3 Å². The Morgan fingerprint density at radius 3 is 2.90 bits per heavy atom. The average Bonchev–Trinajstić information content (AvgIpc) is 2.95. The molecule has 0 aromatic carbocycles. The van der Waals surface area contributed by atoms with E-state index in [1.807, 2.05) is 0 Å². The largest absolute Gasteiger partial charge is 0.473 e. The first-order chi connectivity index (χ1) is 10.1. The van der Waals surface area contributed by atoms with Gasteiger partial charge in [-0.25, -0.2) is 9.59 Å². The summed E-state index contributed by atoms with van der Waals surface area (Å²) in [6.07, 6.45) is 0.760. The second-order valence-electron chi connectivity index (χ2n) is 4.71. The van der Waals surface area contributed by atoms with Crippen molar-refractivity contribution >= 4 is 29.5 Å². The lowest BCUT2D eigenvalue weighted by molar-refractivity contribution is -0.134. The van der Waals surface area contributed by atoms with Crippen LogP contribution in [0.2, 0.25) is 0 Å². The lowest BCUT2D eigenvalue weighted by Gasteiger charge is -2.17. The number of hydrogen-bond acceptors (Lipinski definition) is 4. The second-order valence-corrected chi connectivity index (χ2v) is 5.98. The van der Waals surface area contributed by atoms with Gasteiger partial charge in [-0.3, -0.25) is 0 Å². The first kappa shape index (κ1) is 15.2. The number of carbonyl (C=O) groups excluding carboxylic acids is 1. The predicted octanol–water partition coefficient (Wildman–Crippen LogP) is 0.366. The van der Waals surface area contributed by atoms with E-state index in [0.29, 0.717) is 6.42 Å². The summed E-state index contributed by atoms with van der Waals surface area (Å²) >= 11 is 1.66. The fourth-order valence-electron chi connectivity index (χ4n) is 2.53. The molecule has 0 radical (unpaired) electrons. The van der Waals surface area contributed by atoms with E-state index in [0.717, 1.165) is 5.75 Å². The average molecular weight is 311 g/mol. The number of thioether (sulfide) groups is 1. The molecule has 0 saturated carbocycles. The molecule has 2 rings (SSSR count). The van der Waals surface area contributed by atoms with E-state index in [9.17, 15) is 9.59 Å². The van der Waals surface area contributed by atoms with Gasteiger partial charge in [0.25, 0.3) is 0 Å². The summed E-state index contributed by atoms with van der Waals surface area (Å²) in [5.41, 5.74) is 16.6. The van der Waals surface area contributed by atoms with Crippen LogP contribution in [0, 0.1) is 0 Å². The minimum absolute atomic E-state index is 0.0199. The Hall–Kier alpha value is -2.22. The van der Waals surface area contributed by atoms with Crippen molar-refractivity contribution in [1.82, 2.24) is 10.6 Å². The Morgan fingerprint density at radius 1 is 1.52 bits per heavy atom. The Balaban J connectivity index is 1.99. The Bertz CT molecular complexity index is 555. The third-order valence-corrected chi connectivity index (χ3v) is 5.00. The molecule has 2 saturated heterocycles. The molecule has 11 heteroatoms. The molecule has 2 aliphatic rings. The SMILES string of the molecule is [N-]=[N+]=NC(CC[C@@H]1SC[C@@H]2NC(=O)N[C@@H]21)C(=[N+]=[N-])C(=O)O. The summed E-state index contributed by atoms with van der Waals surface area (Å²) in [4.78, 5) is 27.5. The van der Waals surface area contributed by atoms with E-state index in [-0.39, 0.29) is 29.8 Å². The molecule has 0 spiro atoms. The fraction of sp³-hybridized carbons (Fsp3) is 0.700. The predicted molar refractivity (Wildman–Crippen MR) is 73.9 cm³/mol. The maximum absolute atomic E-state index is 11.3. The highest BCUT2D eigenvalue weighted by Gasteiger charge is 2.43. The smallest absolute Gasteiger partial charge is 0.414 e. The molecule has 10 nitrogen and oxygen atoms in total. The van der Waals surface area contributed by atoms with Gasteiger partial charge in [0.15, 0.2) is 0 Å². The van der Waals surface area contributed by atoms with Crippen LogP contribution >= 0.6 is 11.8 Å². The standard InChI is InChI=1S/C10H13N7O3S/c11-15-8(9(18)19)4(16-17-12)1-2-6-7-5(3-21-6)13-10(20)14-7/h4-7H,1-3H2,(H,18,19)(H2,13,14,20)/t4?,5-,6-,7-/m0/s1. The van der Waals surface area contributed by atoms with E-state index in [1.54, 1.807) is 11.8 Å². The number of carboxylic acids is 1. The quantitative estimate of drug-likeness (QED) is 0.212. The van der Waals surface area contributed by atoms with Gasteiger partial charge in [-0.2, -0.15) is 16.6 Å². The number of azide groups is 1. The summed E-state index contributed by atoms with van der Waals surface area (Å²) in [5.74, 6) is -0.650. The Morgan fingerprint density at radius 2 is 2.29 bits per heavy atom. The van der Waals surface area contributed by atoms with Crippen LogP contribution in [-0.2, 0) is 4.79 Å².